The molecule has 1 unspecified atom stereocenters. The van der Waals surface area contributed by atoms with Crippen molar-refractivity contribution in [2.24, 2.45) is 11.8 Å². The molecule has 25 heavy (non-hydrogen) atoms. The van der Waals surface area contributed by atoms with Gasteiger partial charge < -0.3 is 18.9 Å². The van der Waals surface area contributed by atoms with Crippen molar-refractivity contribution in [2.45, 2.75) is 18.8 Å². The molecule has 0 aromatic heterocycles. The zero-order chi connectivity index (χ0) is 18.8. The summed E-state index contributed by atoms with van der Waals surface area (Å²) in [5.74, 6) is -5.04. The van der Waals surface area contributed by atoms with E-state index >= 15 is 0 Å². The summed E-state index contributed by atoms with van der Waals surface area (Å²) < 4.78 is 20.8. The molecule has 9 nitrogen and oxygen atoms in total. The fourth-order valence-corrected chi connectivity index (χ4v) is 3.05. The van der Waals surface area contributed by atoms with E-state index in [4.69, 9.17) is 18.9 Å². The molecule has 0 spiro atoms. The Morgan fingerprint density at radius 1 is 1.28 bits per heavy atom. The minimum atomic E-state index is -1.42. The quantitative estimate of drug-likeness (QED) is 0.328. The normalized spacial score (nSPS) is 26.8. The van der Waals surface area contributed by atoms with E-state index in [1.165, 1.54) is 52.5 Å². The van der Waals surface area contributed by atoms with Crippen LogP contribution in [0.4, 0.5) is 5.69 Å². The SMILES string of the molecule is COC(=O)[C@@H]1C(=O)O[C@@](C)(OC)[C@H]1C(OC)c1ccc([N+](=O)[O-])cc1. The van der Waals surface area contributed by atoms with Crippen molar-refractivity contribution in [1.82, 2.24) is 0 Å². The standard InChI is InChI=1S/C16H19NO8/c1-16(24-4)12(11(14(18)23-3)15(19)25-16)13(22-2)9-5-7-10(8-6-9)17(20)21/h5-8,11-13H,1-4H3/t11-,12-,13?,16-/m1/s1. The zero-order valence-electron chi connectivity index (χ0n) is 14.3. The second kappa shape index (κ2) is 7.16. The Morgan fingerprint density at radius 3 is 2.32 bits per heavy atom. The second-order valence-corrected chi connectivity index (χ2v) is 5.67. The van der Waals surface area contributed by atoms with Gasteiger partial charge in [-0.3, -0.25) is 19.7 Å². The molecule has 9 heteroatoms. The maximum Gasteiger partial charge on any atom is 0.323 e. The summed E-state index contributed by atoms with van der Waals surface area (Å²) in [6.45, 7) is 1.52. The predicted molar refractivity (Wildman–Crippen MR) is 83.3 cm³/mol. The number of nitro groups is 1. The molecule has 0 saturated carbocycles. The van der Waals surface area contributed by atoms with E-state index < -0.39 is 40.6 Å². The van der Waals surface area contributed by atoms with E-state index in [-0.39, 0.29) is 5.69 Å². The van der Waals surface area contributed by atoms with Crippen LogP contribution in [0.15, 0.2) is 24.3 Å². The van der Waals surface area contributed by atoms with Crippen LogP contribution in [0.25, 0.3) is 0 Å². The molecular formula is C16H19NO8. The lowest BCUT2D eigenvalue weighted by Crippen LogP contribution is -2.42. The van der Waals surface area contributed by atoms with E-state index in [1.54, 1.807) is 0 Å². The Balaban J connectivity index is 2.48. The van der Waals surface area contributed by atoms with Crippen LogP contribution in [0, 0.1) is 22.0 Å². The molecule has 2 rings (SSSR count). The van der Waals surface area contributed by atoms with Crippen LogP contribution < -0.4 is 0 Å². The van der Waals surface area contributed by atoms with Gasteiger partial charge in [-0.1, -0.05) is 0 Å². The van der Waals surface area contributed by atoms with Crippen molar-refractivity contribution in [3.05, 3.63) is 39.9 Å². The van der Waals surface area contributed by atoms with Crippen molar-refractivity contribution in [2.75, 3.05) is 21.3 Å². The van der Waals surface area contributed by atoms with Gasteiger partial charge in [-0.05, 0) is 17.7 Å². The zero-order valence-corrected chi connectivity index (χ0v) is 14.3. The fraction of sp³-hybridized carbons (Fsp3) is 0.500. The van der Waals surface area contributed by atoms with Crippen LogP contribution in [-0.4, -0.2) is 44.0 Å². The smallest absolute Gasteiger partial charge is 0.323 e. The van der Waals surface area contributed by atoms with Gasteiger partial charge in [0.2, 0.25) is 5.79 Å². The molecule has 136 valence electrons. The lowest BCUT2D eigenvalue weighted by molar-refractivity contribution is -0.384. The first kappa shape index (κ1) is 18.8. The fourth-order valence-electron chi connectivity index (χ4n) is 3.05. The molecule has 1 aromatic rings. The number of ether oxygens (including phenoxy) is 4. The highest BCUT2D eigenvalue weighted by Crippen LogP contribution is 2.47. The van der Waals surface area contributed by atoms with E-state index in [0.717, 1.165) is 0 Å². The summed E-state index contributed by atoms with van der Waals surface area (Å²) in [5, 5.41) is 10.8. The van der Waals surface area contributed by atoms with Crippen molar-refractivity contribution >= 4 is 17.6 Å². The van der Waals surface area contributed by atoms with Crippen LogP contribution >= 0.6 is 0 Å². The summed E-state index contributed by atoms with van der Waals surface area (Å²) in [6.07, 6.45) is -0.790. The number of nitro benzene ring substituents is 1. The number of methoxy groups -OCH3 is 3. The molecule has 1 heterocycles. The topological polar surface area (TPSA) is 114 Å². The van der Waals surface area contributed by atoms with E-state index in [0.29, 0.717) is 5.56 Å². The first-order valence-electron chi connectivity index (χ1n) is 7.42. The lowest BCUT2D eigenvalue weighted by Gasteiger charge is -2.34. The molecule has 1 aromatic carbocycles. The average Bonchev–Trinajstić information content (AvgIpc) is 2.87. The number of rotatable bonds is 6. The minimum absolute atomic E-state index is 0.0867. The van der Waals surface area contributed by atoms with Crippen LogP contribution in [-0.2, 0) is 28.5 Å². The summed E-state index contributed by atoms with van der Waals surface area (Å²) in [5.41, 5.74) is 0.449. The Kier molecular flexibility index (Phi) is 5.39. The van der Waals surface area contributed by atoms with Gasteiger partial charge in [0, 0.05) is 33.3 Å². The largest absolute Gasteiger partial charge is 0.468 e. The molecule has 0 aliphatic carbocycles. The maximum absolute atomic E-state index is 12.2. The maximum atomic E-state index is 12.2. The number of carbonyl (C=O) groups excluding carboxylic acids is 2. The number of carbonyl (C=O) groups is 2. The van der Waals surface area contributed by atoms with Crippen LogP contribution in [0.3, 0.4) is 0 Å². The predicted octanol–water partition coefficient (Wildman–Crippen LogP) is 1.61. The summed E-state index contributed by atoms with van der Waals surface area (Å²) in [6, 6.07) is 5.63. The number of hydrogen-bond acceptors (Lipinski definition) is 8. The molecule has 0 bridgehead atoms. The molecule has 1 fully saturated rings. The van der Waals surface area contributed by atoms with Gasteiger partial charge in [-0.25, -0.2) is 0 Å². The van der Waals surface area contributed by atoms with Crippen LogP contribution in [0.2, 0.25) is 0 Å². The van der Waals surface area contributed by atoms with Crippen molar-refractivity contribution in [1.29, 1.82) is 0 Å². The van der Waals surface area contributed by atoms with Gasteiger partial charge >= 0.3 is 11.9 Å². The molecule has 1 aliphatic rings. The highest BCUT2D eigenvalue weighted by atomic mass is 16.7. The van der Waals surface area contributed by atoms with Gasteiger partial charge in [-0.15, -0.1) is 0 Å². The Morgan fingerprint density at radius 2 is 1.88 bits per heavy atom. The molecule has 0 radical (unpaired) electrons. The van der Waals surface area contributed by atoms with E-state index in [1.807, 2.05) is 0 Å². The summed E-state index contributed by atoms with van der Waals surface area (Å²) >= 11 is 0. The Hall–Kier alpha value is -2.52. The van der Waals surface area contributed by atoms with Gasteiger partial charge in [0.25, 0.3) is 5.69 Å². The first-order valence-corrected chi connectivity index (χ1v) is 7.42. The Labute approximate surface area is 144 Å². The number of nitrogens with zero attached hydrogens (tertiary/aromatic N) is 1. The number of hydrogen-bond donors (Lipinski definition) is 0. The molecule has 0 amide bonds. The molecular weight excluding hydrogens is 334 g/mol. The van der Waals surface area contributed by atoms with Crippen molar-refractivity contribution in [3.63, 3.8) is 0 Å². The third-order valence-corrected chi connectivity index (χ3v) is 4.39. The third-order valence-electron chi connectivity index (χ3n) is 4.39. The second-order valence-electron chi connectivity index (χ2n) is 5.67. The van der Waals surface area contributed by atoms with E-state index in [9.17, 15) is 19.7 Å². The van der Waals surface area contributed by atoms with Crippen LogP contribution in [0.1, 0.15) is 18.6 Å². The van der Waals surface area contributed by atoms with Gasteiger partial charge in [-0.2, -0.15) is 0 Å². The number of non-ortho nitro benzene ring substituents is 1. The minimum Gasteiger partial charge on any atom is -0.468 e. The average molecular weight is 353 g/mol. The van der Waals surface area contributed by atoms with Gasteiger partial charge in [0.15, 0.2) is 5.92 Å². The summed E-state index contributed by atoms with van der Waals surface area (Å²) in [4.78, 5) is 34.6. The third kappa shape index (κ3) is 3.33. The molecule has 4 atom stereocenters. The molecule has 0 N–H and O–H groups in total. The first-order chi connectivity index (χ1) is 11.8. The van der Waals surface area contributed by atoms with E-state index in [2.05, 4.69) is 0 Å². The number of esters is 2. The Bertz CT molecular complexity index is 673. The number of benzene rings is 1. The highest BCUT2D eigenvalue weighted by molar-refractivity contribution is 5.97. The van der Waals surface area contributed by atoms with Crippen molar-refractivity contribution in [3.8, 4) is 0 Å². The van der Waals surface area contributed by atoms with Crippen molar-refractivity contribution < 1.29 is 33.5 Å². The highest BCUT2D eigenvalue weighted by Gasteiger charge is 2.60. The van der Waals surface area contributed by atoms with Crippen LogP contribution in [0.5, 0.6) is 0 Å². The van der Waals surface area contributed by atoms with Gasteiger partial charge in [0.1, 0.15) is 0 Å². The summed E-state index contributed by atoms with van der Waals surface area (Å²) in [7, 11) is 3.92. The molecule has 1 aliphatic heterocycles. The monoisotopic (exact) mass is 353 g/mol. The lowest BCUT2D eigenvalue weighted by atomic mass is 9.81. The molecule has 1 saturated heterocycles. The number of cyclic esters (lactones) is 1. The van der Waals surface area contributed by atoms with Gasteiger partial charge in [0.05, 0.1) is 24.1 Å².